The van der Waals surface area contributed by atoms with Gasteiger partial charge in [0.2, 0.25) is 17.7 Å². The van der Waals surface area contributed by atoms with Crippen LogP contribution in [0.15, 0.2) is 85.1 Å². The molecule has 0 saturated carbocycles. The lowest BCUT2D eigenvalue weighted by atomic mass is 10.0. The van der Waals surface area contributed by atoms with E-state index in [0.717, 1.165) is 22.0 Å². The zero-order chi connectivity index (χ0) is 28.9. The Morgan fingerprint density at radius 2 is 1.71 bits per heavy atom. The number of hydrogen-bond donors (Lipinski definition) is 3. The maximum absolute atomic E-state index is 13.7. The van der Waals surface area contributed by atoms with Gasteiger partial charge in [0.05, 0.1) is 0 Å². The number of rotatable bonds is 9. The average Bonchev–Trinajstić information content (AvgIpc) is 3.38. The molecule has 0 bridgehead atoms. The van der Waals surface area contributed by atoms with Gasteiger partial charge in [-0.2, -0.15) is 0 Å². The lowest BCUT2D eigenvalue weighted by molar-refractivity contribution is -0.147. The number of benzene rings is 3. The summed E-state index contributed by atoms with van der Waals surface area (Å²) >= 11 is 6.33. The second-order valence-electron chi connectivity index (χ2n) is 10.1. The molecule has 5 rings (SSSR count). The number of fused-ring (bicyclic) bond motifs is 1. The molecule has 3 aromatic carbocycles. The molecule has 2 atom stereocenters. The lowest BCUT2D eigenvalue weighted by Crippen LogP contribution is -2.57. The third-order valence-electron chi connectivity index (χ3n) is 7.14. The number of carbonyl (C=O) groups is 4. The van der Waals surface area contributed by atoms with Crippen LogP contribution < -0.4 is 10.6 Å². The van der Waals surface area contributed by atoms with E-state index in [2.05, 4.69) is 15.6 Å². The maximum atomic E-state index is 13.7. The molecule has 9 nitrogen and oxygen atoms in total. The Hall–Kier alpha value is -4.63. The van der Waals surface area contributed by atoms with Crippen molar-refractivity contribution in [2.24, 2.45) is 0 Å². The van der Waals surface area contributed by atoms with E-state index in [1.54, 1.807) is 37.4 Å². The number of halogens is 1. The standard InChI is InChI=1S/C31H30ClN5O4/c1-36(17-21-11-5-7-13-24(21)32)30(40)26(15-22-16-33-25-14-8-6-12-23(22)25)34-27(38)18-37-19-28(39)35-29(31(37)41)20-9-3-2-4-10-20/h2-14,16,26,29,33H,15,17-19H2,1H3,(H,34,38)(H,35,39). The van der Waals surface area contributed by atoms with Crippen molar-refractivity contribution in [3.63, 3.8) is 0 Å². The number of hydrogen-bond acceptors (Lipinski definition) is 4. The molecule has 2 heterocycles. The SMILES string of the molecule is CN(Cc1ccccc1Cl)C(=O)C(Cc1c[nH]c2ccccc12)NC(=O)CN1CC(=O)NC(c2ccccc2)C1=O. The van der Waals surface area contributed by atoms with Crippen LogP contribution in [0.4, 0.5) is 0 Å². The Morgan fingerprint density at radius 3 is 2.49 bits per heavy atom. The summed E-state index contributed by atoms with van der Waals surface area (Å²) in [6.07, 6.45) is 2.05. The predicted molar refractivity (Wildman–Crippen MR) is 156 cm³/mol. The number of amides is 4. The van der Waals surface area contributed by atoms with Crippen molar-refractivity contribution >= 4 is 46.1 Å². The quantitative estimate of drug-likeness (QED) is 0.286. The molecule has 1 fully saturated rings. The van der Waals surface area contributed by atoms with Crippen molar-refractivity contribution in [3.05, 3.63) is 107 Å². The van der Waals surface area contributed by atoms with E-state index in [1.165, 1.54) is 9.80 Å². The van der Waals surface area contributed by atoms with Gasteiger partial charge in [-0.1, -0.05) is 78.3 Å². The van der Waals surface area contributed by atoms with E-state index in [-0.39, 0.29) is 43.8 Å². The summed E-state index contributed by atoms with van der Waals surface area (Å²) in [5, 5.41) is 7.02. The zero-order valence-electron chi connectivity index (χ0n) is 22.5. The monoisotopic (exact) mass is 571 g/mol. The first-order chi connectivity index (χ1) is 19.8. The van der Waals surface area contributed by atoms with E-state index < -0.39 is 18.0 Å². The number of aromatic amines is 1. The summed E-state index contributed by atoms with van der Waals surface area (Å²) in [5.74, 6) is -1.60. The summed E-state index contributed by atoms with van der Waals surface area (Å²) < 4.78 is 0. The van der Waals surface area contributed by atoms with Crippen LogP contribution in [0.3, 0.4) is 0 Å². The summed E-state index contributed by atoms with van der Waals surface area (Å²) in [6, 6.07) is 22.0. The highest BCUT2D eigenvalue weighted by Gasteiger charge is 2.35. The van der Waals surface area contributed by atoms with E-state index >= 15 is 0 Å². The fourth-order valence-corrected chi connectivity index (χ4v) is 5.26. The van der Waals surface area contributed by atoms with Gasteiger partial charge in [-0.05, 0) is 28.8 Å². The highest BCUT2D eigenvalue weighted by atomic mass is 35.5. The molecule has 210 valence electrons. The van der Waals surface area contributed by atoms with Crippen LogP contribution >= 0.6 is 11.6 Å². The van der Waals surface area contributed by atoms with Crippen molar-refractivity contribution in [1.29, 1.82) is 0 Å². The number of nitrogens with zero attached hydrogens (tertiary/aromatic N) is 2. The Balaban J connectivity index is 1.34. The summed E-state index contributed by atoms with van der Waals surface area (Å²) in [4.78, 5) is 58.6. The van der Waals surface area contributed by atoms with Crippen LogP contribution in [0.5, 0.6) is 0 Å². The van der Waals surface area contributed by atoms with Crippen molar-refractivity contribution in [2.75, 3.05) is 20.1 Å². The second-order valence-corrected chi connectivity index (χ2v) is 10.5. The molecule has 41 heavy (non-hydrogen) atoms. The lowest BCUT2D eigenvalue weighted by Gasteiger charge is -2.33. The largest absolute Gasteiger partial charge is 0.361 e. The van der Waals surface area contributed by atoms with Gasteiger partial charge in [0.25, 0.3) is 5.91 Å². The van der Waals surface area contributed by atoms with Crippen LogP contribution in [0, 0.1) is 0 Å². The number of para-hydroxylation sites is 1. The van der Waals surface area contributed by atoms with Crippen molar-refractivity contribution in [1.82, 2.24) is 25.4 Å². The fourth-order valence-electron chi connectivity index (χ4n) is 5.07. The van der Waals surface area contributed by atoms with Crippen LogP contribution in [0.25, 0.3) is 10.9 Å². The van der Waals surface area contributed by atoms with Crippen molar-refractivity contribution < 1.29 is 19.2 Å². The molecule has 1 aromatic heterocycles. The van der Waals surface area contributed by atoms with Crippen LogP contribution in [0.2, 0.25) is 5.02 Å². The van der Waals surface area contributed by atoms with Crippen LogP contribution in [-0.2, 0) is 32.1 Å². The number of carbonyl (C=O) groups excluding carboxylic acids is 4. The van der Waals surface area contributed by atoms with Gasteiger partial charge in [0, 0.05) is 42.1 Å². The molecule has 10 heteroatoms. The normalized spacial score (nSPS) is 15.9. The first kappa shape index (κ1) is 27.9. The molecule has 0 aliphatic carbocycles. The first-order valence-electron chi connectivity index (χ1n) is 13.3. The predicted octanol–water partition coefficient (Wildman–Crippen LogP) is 3.21. The Kier molecular flexibility index (Phi) is 8.35. The molecule has 1 aliphatic heterocycles. The molecule has 1 aliphatic rings. The maximum Gasteiger partial charge on any atom is 0.250 e. The Labute approximate surface area is 242 Å². The summed E-state index contributed by atoms with van der Waals surface area (Å²) in [5.41, 5.74) is 3.19. The third kappa shape index (κ3) is 6.41. The molecular weight excluding hydrogens is 542 g/mol. The Morgan fingerprint density at radius 1 is 1.00 bits per heavy atom. The number of H-pyrrole nitrogens is 1. The van der Waals surface area contributed by atoms with Gasteiger partial charge in [0.15, 0.2) is 0 Å². The highest BCUT2D eigenvalue weighted by Crippen LogP contribution is 2.22. The van der Waals surface area contributed by atoms with Crippen molar-refractivity contribution in [3.8, 4) is 0 Å². The minimum Gasteiger partial charge on any atom is -0.361 e. The van der Waals surface area contributed by atoms with Crippen molar-refractivity contribution in [2.45, 2.75) is 25.0 Å². The average molecular weight is 572 g/mol. The minimum absolute atomic E-state index is 0.225. The zero-order valence-corrected chi connectivity index (χ0v) is 23.2. The van der Waals surface area contributed by atoms with Crippen LogP contribution in [-0.4, -0.2) is 64.6 Å². The number of aromatic nitrogens is 1. The smallest absolute Gasteiger partial charge is 0.250 e. The summed E-state index contributed by atoms with van der Waals surface area (Å²) in [6.45, 7) is -0.354. The van der Waals surface area contributed by atoms with E-state index in [1.807, 2.05) is 54.7 Å². The molecule has 4 aromatic rings. The molecular formula is C31H30ClN5O4. The first-order valence-corrected chi connectivity index (χ1v) is 13.6. The van der Waals surface area contributed by atoms with Gasteiger partial charge in [0.1, 0.15) is 25.2 Å². The van der Waals surface area contributed by atoms with Gasteiger partial charge in [-0.15, -0.1) is 0 Å². The van der Waals surface area contributed by atoms with Crippen LogP contribution in [0.1, 0.15) is 22.7 Å². The highest BCUT2D eigenvalue weighted by molar-refractivity contribution is 6.31. The van der Waals surface area contributed by atoms with E-state index in [0.29, 0.717) is 10.6 Å². The molecule has 4 amide bonds. The molecule has 0 spiro atoms. The van der Waals surface area contributed by atoms with Gasteiger partial charge in [-0.3, -0.25) is 19.2 Å². The fraction of sp³-hybridized carbons (Fsp3) is 0.226. The summed E-state index contributed by atoms with van der Waals surface area (Å²) in [7, 11) is 1.66. The Bertz CT molecular complexity index is 1590. The second kappa shape index (κ2) is 12.3. The van der Waals surface area contributed by atoms with Gasteiger partial charge in [-0.25, -0.2) is 0 Å². The molecule has 3 N–H and O–H groups in total. The molecule has 2 unspecified atom stereocenters. The molecule has 0 radical (unpaired) electrons. The van der Waals surface area contributed by atoms with E-state index in [9.17, 15) is 19.2 Å². The minimum atomic E-state index is -0.923. The third-order valence-corrected chi connectivity index (χ3v) is 7.51. The number of nitrogens with one attached hydrogen (secondary N) is 3. The topological polar surface area (TPSA) is 115 Å². The van der Waals surface area contributed by atoms with E-state index in [4.69, 9.17) is 11.6 Å². The number of piperazine rings is 1. The number of likely N-dealkylation sites (N-methyl/N-ethyl adjacent to an activating group) is 1. The molecule has 1 saturated heterocycles. The van der Waals surface area contributed by atoms with Gasteiger partial charge >= 0.3 is 0 Å². The van der Waals surface area contributed by atoms with Gasteiger partial charge < -0.3 is 25.4 Å².